The van der Waals surface area contributed by atoms with Crippen molar-refractivity contribution in [1.82, 2.24) is 4.98 Å². The number of fused-ring (bicyclic) bond motifs is 7. The highest BCUT2D eigenvalue weighted by Gasteiger charge is 2.69. The number of hydrogen-bond donors (Lipinski definition) is 0. The van der Waals surface area contributed by atoms with Gasteiger partial charge in [0.2, 0.25) is 0 Å². The second kappa shape index (κ2) is 15.8. The Morgan fingerprint density at radius 1 is 0.800 bits per heavy atom. The molecule has 1 aromatic rings. The van der Waals surface area contributed by atoms with E-state index < -0.39 is 21.7 Å². The van der Waals surface area contributed by atoms with Crippen LogP contribution in [0.2, 0.25) is 0 Å². The molecular formula is C44H71NO8P2. The summed E-state index contributed by atoms with van der Waals surface area (Å²) in [6, 6.07) is 4.04. The van der Waals surface area contributed by atoms with Crippen molar-refractivity contribution < 1.29 is 36.3 Å². The molecule has 5 aliphatic rings. The van der Waals surface area contributed by atoms with Crippen LogP contribution >= 0.6 is 15.6 Å². The van der Waals surface area contributed by atoms with E-state index >= 15 is 0 Å². The molecule has 6 rings (SSSR count). The maximum Gasteiger partial charge on any atom is 0.475 e. The van der Waals surface area contributed by atoms with Gasteiger partial charge >= 0.3 is 15.6 Å². The number of aromatic nitrogens is 1. The molecule has 1 heterocycles. The summed E-state index contributed by atoms with van der Waals surface area (Å²) in [5.41, 5.74) is 3.47. The first-order valence-electron chi connectivity index (χ1n) is 21.2. The zero-order valence-electron chi connectivity index (χ0n) is 35.8. The molecule has 0 spiro atoms. The highest BCUT2D eigenvalue weighted by molar-refractivity contribution is 7.48. The van der Waals surface area contributed by atoms with E-state index in [-0.39, 0.29) is 58.9 Å². The smallest absolute Gasteiger partial charge is 0.287 e. The molecule has 9 nitrogen and oxygen atoms in total. The second-order valence-corrected chi connectivity index (χ2v) is 22.7. The fourth-order valence-electron chi connectivity index (χ4n) is 12.8. The summed E-state index contributed by atoms with van der Waals surface area (Å²) in [6.45, 7) is 26.0. The van der Waals surface area contributed by atoms with Crippen molar-refractivity contribution in [3.05, 3.63) is 47.3 Å². The Balaban J connectivity index is 1.40. The fourth-order valence-corrected chi connectivity index (χ4v) is 15.6. The van der Waals surface area contributed by atoms with Gasteiger partial charge in [0.1, 0.15) is 0 Å². The second-order valence-electron chi connectivity index (χ2n) is 19.4. The van der Waals surface area contributed by atoms with Gasteiger partial charge in [0, 0.05) is 17.8 Å². The van der Waals surface area contributed by atoms with E-state index in [2.05, 4.69) is 71.7 Å². The number of phosphoric acid groups is 2. The highest BCUT2D eigenvalue weighted by atomic mass is 31.2. The summed E-state index contributed by atoms with van der Waals surface area (Å²) in [5, 5.41) is 0. The van der Waals surface area contributed by atoms with E-state index in [1.165, 1.54) is 0 Å². The number of pyridine rings is 1. The van der Waals surface area contributed by atoms with E-state index in [1.807, 2.05) is 40.0 Å². The van der Waals surface area contributed by atoms with Crippen LogP contribution in [0.5, 0.6) is 0 Å². The Morgan fingerprint density at radius 3 is 2.05 bits per heavy atom. The highest BCUT2D eigenvalue weighted by Crippen LogP contribution is 2.77. The third-order valence-corrected chi connectivity index (χ3v) is 18.7. The Labute approximate surface area is 332 Å². The van der Waals surface area contributed by atoms with Crippen molar-refractivity contribution >= 4 is 21.7 Å². The Hall–Kier alpha value is -1.15. The van der Waals surface area contributed by atoms with Crippen LogP contribution in [-0.2, 0) is 36.3 Å². The van der Waals surface area contributed by atoms with Crippen molar-refractivity contribution in [1.29, 1.82) is 0 Å². The lowest BCUT2D eigenvalue weighted by atomic mass is 9.33. The lowest BCUT2D eigenvalue weighted by molar-refractivity contribution is -0.189. The Kier molecular flexibility index (Phi) is 12.5. The number of allylic oxidation sites excluding steroid dienone is 2. The topological polar surface area (TPSA) is 102 Å². The molecule has 0 N–H and O–H groups in total. The van der Waals surface area contributed by atoms with Crippen LogP contribution in [-0.4, -0.2) is 44.1 Å². The summed E-state index contributed by atoms with van der Waals surface area (Å²) in [5.74, 6) is 1.08. The quantitative estimate of drug-likeness (QED) is 0.134. The standard InChI is InChI=1S/C44H71NO8P2/c1-12-48-54(46,49-13-2)52-31-44-24-22-39(5,6)29-35(44)34-18-19-37-41(9)28-33(27-32-17-16-26-45-30-32)38(53-55(47,50-14-3)51-15-4)40(7,8)36(41)20-21-43(37,11)42(34,10)23-25-44/h16-18,26-27,30,35-38H,12-15,19-25,28-29,31H2,1-11H3/b33-27+/t35-,36-,37+,38-,41-,42+,43+,44+/m0/s1. The molecule has 5 aliphatic carbocycles. The monoisotopic (exact) mass is 803 g/mol. The molecule has 8 atom stereocenters. The largest absolute Gasteiger partial charge is 0.475 e. The van der Waals surface area contributed by atoms with E-state index in [1.54, 1.807) is 11.8 Å². The van der Waals surface area contributed by atoms with Gasteiger partial charge in [0.05, 0.1) is 39.1 Å². The first-order valence-corrected chi connectivity index (χ1v) is 24.1. The van der Waals surface area contributed by atoms with Crippen molar-refractivity contribution in [2.75, 3.05) is 33.0 Å². The SMILES string of the molecule is CCOP(=O)(OCC)OC[C@]12CCC(C)(C)C[C@H]1C1=CC[C@@H]3[C@@]4(C)C/C(=C\c5cccnc5)[C@H](OP(=O)(OCC)OCC)C(C)(C)[C@@H]4CC[C@@]3(C)[C@]1(C)CC2. The molecule has 4 saturated carbocycles. The van der Waals surface area contributed by atoms with Gasteiger partial charge < -0.3 is 0 Å². The summed E-state index contributed by atoms with van der Waals surface area (Å²) in [4.78, 5) is 4.43. The molecule has 0 bridgehead atoms. The molecule has 0 amide bonds. The Bertz CT molecular complexity index is 1670. The zero-order chi connectivity index (χ0) is 40.1. The summed E-state index contributed by atoms with van der Waals surface area (Å²) in [7, 11) is -7.46. The minimum atomic E-state index is -3.82. The minimum absolute atomic E-state index is 0.000624. The summed E-state index contributed by atoms with van der Waals surface area (Å²) in [6.07, 6.45) is 17.5. The van der Waals surface area contributed by atoms with Crippen LogP contribution in [0.1, 0.15) is 140 Å². The molecule has 0 radical (unpaired) electrons. The van der Waals surface area contributed by atoms with Gasteiger partial charge in [-0.05, 0) is 148 Å². The molecule has 55 heavy (non-hydrogen) atoms. The molecule has 4 fully saturated rings. The molecule has 310 valence electrons. The van der Waals surface area contributed by atoms with Crippen molar-refractivity contribution in [3.63, 3.8) is 0 Å². The Morgan fingerprint density at radius 2 is 1.44 bits per heavy atom. The predicted molar refractivity (Wildman–Crippen MR) is 219 cm³/mol. The van der Waals surface area contributed by atoms with Crippen LogP contribution in [0.25, 0.3) is 6.08 Å². The number of nitrogens with zero attached hydrogens (tertiary/aromatic N) is 1. The average molecular weight is 804 g/mol. The molecular weight excluding hydrogens is 732 g/mol. The van der Waals surface area contributed by atoms with E-state index in [4.69, 9.17) is 27.1 Å². The van der Waals surface area contributed by atoms with E-state index in [0.29, 0.717) is 24.4 Å². The first-order chi connectivity index (χ1) is 25.8. The van der Waals surface area contributed by atoms with Crippen molar-refractivity contribution in [2.45, 2.75) is 140 Å². The number of phosphoric ester groups is 2. The van der Waals surface area contributed by atoms with Gasteiger partial charge in [-0.15, -0.1) is 0 Å². The van der Waals surface area contributed by atoms with Gasteiger partial charge in [-0.2, -0.15) is 0 Å². The first kappa shape index (κ1) is 43.4. The maximum absolute atomic E-state index is 14.1. The van der Waals surface area contributed by atoms with Gasteiger partial charge in [-0.1, -0.05) is 72.3 Å². The molecule has 11 heteroatoms. The summed E-state index contributed by atoms with van der Waals surface area (Å²) < 4.78 is 63.4. The molecule has 0 saturated heterocycles. The summed E-state index contributed by atoms with van der Waals surface area (Å²) >= 11 is 0. The third-order valence-electron chi connectivity index (χ3n) is 15.5. The zero-order valence-corrected chi connectivity index (χ0v) is 37.6. The van der Waals surface area contributed by atoms with E-state index in [9.17, 15) is 9.13 Å². The average Bonchev–Trinajstić information content (AvgIpc) is 3.10. The minimum Gasteiger partial charge on any atom is -0.287 e. The molecule has 0 aliphatic heterocycles. The van der Waals surface area contributed by atoms with Gasteiger partial charge in [0.15, 0.2) is 0 Å². The van der Waals surface area contributed by atoms with Crippen LogP contribution < -0.4 is 0 Å². The van der Waals surface area contributed by atoms with Crippen LogP contribution in [0, 0.1) is 50.2 Å². The fraction of sp³-hybridized carbons (Fsp3) is 0.795. The van der Waals surface area contributed by atoms with Crippen LogP contribution in [0.15, 0.2) is 41.7 Å². The number of rotatable bonds is 14. The van der Waals surface area contributed by atoms with Gasteiger partial charge in [-0.3, -0.25) is 32.1 Å². The molecule has 0 aromatic carbocycles. The van der Waals surface area contributed by atoms with Crippen molar-refractivity contribution in [3.8, 4) is 0 Å². The lowest BCUT2D eigenvalue weighted by Gasteiger charge is -2.71. The lowest BCUT2D eigenvalue weighted by Crippen LogP contribution is -2.65. The number of hydrogen-bond acceptors (Lipinski definition) is 9. The molecule has 0 unspecified atom stereocenters. The van der Waals surface area contributed by atoms with Crippen LogP contribution in [0.3, 0.4) is 0 Å². The van der Waals surface area contributed by atoms with Gasteiger partial charge in [-0.25, -0.2) is 9.13 Å². The van der Waals surface area contributed by atoms with E-state index in [0.717, 1.165) is 68.9 Å². The predicted octanol–water partition coefficient (Wildman–Crippen LogP) is 12.6. The van der Waals surface area contributed by atoms with Crippen molar-refractivity contribution in [2.24, 2.45) is 50.2 Å². The third kappa shape index (κ3) is 7.74. The normalized spacial score (nSPS) is 37.7. The maximum atomic E-state index is 14.1. The van der Waals surface area contributed by atoms with Gasteiger partial charge in [0.25, 0.3) is 0 Å². The van der Waals surface area contributed by atoms with Crippen LogP contribution in [0.4, 0.5) is 0 Å². The molecule has 1 aromatic heterocycles.